The van der Waals surface area contributed by atoms with Crippen LogP contribution in [0.3, 0.4) is 0 Å². The molecule has 0 N–H and O–H groups in total. The highest BCUT2D eigenvalue weighted by Gasteiger charge is 2.54. The summed E-state index contributed by atoms with van der Waals surface area (Å²) in [5.74, 6) is 0. The van der Waals surface area contributed by atoms with Gasteiger partial charge in [-0.3, -0.25) is 0 Å². The third-order valence-electron chi connectivity index (χ3n) is 25.6. The Morgan fingerprint density at radius 1 is 0.203 bits per heavy atom. The summed E-state index contributed by atoms with van der Waals surface area (Å²) in [5, 5.41) is 25.3. The van der Waals surface area contributed by atoms with Crippen molar-refractivity contribution in [1.29, 1.82) is 10.5 Å². The van der Waals surface area contributed by atoms with Crippen LogP contribution in [0.25, 0.3) is 144 Å². The molecular formula is C112H66N4O2. The fourth-order valence-electron chi connectivity index (χ4n) is 20.5. The highest BCUT2D eigenvalue weighted by atomic mass is 16.3. The predicted octanol–water partition coefficient (Wildman–Crippen LogP) is 29.2. The number of fused-ring (bicyclic) bond motifs is 26. The first-order chi connectivity index (χ1) is 58.4. The molecule has 2 aromatic heterocycles. The highest BCUT2D eigenvalue weighted by Crippen LogP contribution is 2.66. The molecule has 2 heterocycles. The highest BCUT2D eigenvalue weighted by molar-refractivity contribution is 6.12. The Labute approximate surface area is 681 Å². The van der Waals surface area contributed by atoms with Gasteiger partial charge in [0.25, 0.3) is 0 Å². The molecular weight excluding hydrogens is 1430 g/mol. The Hall–Kier alpha value is -15.9. The fourth-order valence-corrected chi connectivity index (χ4v) is 20.5. The van der Waals surface area contributed by atoms with E-state index in [0.29, 0.717) is 11.1 Å². The van der Waals surface area contributed by atoms with E-state index in [1.165, 1.54) is 66.8 Å². The van der Waals surface area contributed by atoms with E-state index < -0.39 is 10.8 Å². The summed E-state index contributed by atoms with van der Waals surface area (Å²) in [5.41, 5.74) is 39.2. The van der Waals surface area contributed by atoms with Crippen LogP contribution in [-0.4, -0.2) is 0 Å². The molecule has 0 fully saturated rings. The lowest BCUT2D eigenvalue weighted by Gasteiger charge is -2.33. The molecule has 6 nitrogen and oxygen atoms in total. The lowest BCUT2D eigenvalue weighted by molar-refractivity contribution is 0.669. The Bertz CT molecular complexity index is 7700. The van der Waals surface area contributed by atoms with Gasteiger partial charge in [-0.25, -0.2) is 0 Å². The molecule has 0 saturated carbocycles. The van der Waals surface area contributed by atoms with Gasteiger partial charge < -0.3 is 18.6 Å². The minimum Gasteiger partial charge on any atom is -0.455 e. The standard InChI is InChI=1S/C112H66N4O2/c113-67-69-39-56-90-86-24-4-10-33-98(86)111(102(90)61-69)100-35-12-6-26-88(100)92-58-54-81(65-104(92)111)115(79-50-43-73(44-51-79)84-29-17-31-95-94-28-9-15-38-107(94)117-109(84)95)78-48-41-71(42-49-78)75-21-16-22-76(63-75)77-47-60-108-97(64-77)96-32-18-30-85(110(96)118-108)74-45-52-80(53-46-74)116(106-37-14-8-23-83(106)72-19-2-1-3-20-72)82-55-59-93-89-27-7-13-36-101(89)112(105(93)66-82)99-34-11-5-25-87(99)91-57-40-70(68-114)62-103(91)112/h1-66H. The van der Waals surface area contributed by atoms with Crippen LogP contribution in [0.15, 0.2) is 409 Å². The minimum absolute atomic E-state index is 0.640. The van der Waals surface area contributed by atoms with E-state index in [9.17, 15) is 10.5 Å². The summed E-state index contributed by atoms with van der Waals surface area (Å²) >= 11 is 0. The summed E-state index contributed by atoms with van der Waals surface area (Å²) in [4.78, 5) is 4.80. The van der Waals surface area contributed by atoms with Gasteiger partial charge in [-0.15, -0.1) is 0 Å². The summed E-state index contributed by atoms with van der Waals surface area (Å²) < 4.78 is 13.6. The molecule has 18 aromatic carbocycles. The van der Waals surface area contributed by atoms with Crippen LogP contribution in [0, 0.1) is 22.7 Å². The maximum absolute atomic E-state index is 10.5. The van der Waals surface area contributed by atoms with Crippen LogP contribution in [0.5, 0.6) is 0 Å². The van der Waals surface area contributed by atoms with E-state index in [2.05, 4.69) is 398 Å². The monoisotopic (exact) mass is 1500 g/mol. The summed E-state index contributed by atoms with van der Waals surface area (Å²) in [6.07, 6.45) is 0. The normalized spacial score (nSPS) is 14.7. The van der Waals surface area contributed by atoms with Crippen LogP contribution < -0.4 is 9.80 Å². The lowest BCUT2D eigenvalue weighted by atomic mass is 9.70. The van der Waals surface area contributed by atoms with Crippen LogP contribution in [0.4, 0.5) is 34.1 Å². The Kier molecular flexibility index (Phi) is 14.6. The quantitative estimate of drug-likeness (QED) is 0.128. The molecule has 0 aliphatic heterocycles. The molecule has 4 aliphatic rings. The topological polar surface area (TPSA) is 80.3 Å². The van der Waals surface area contributed by atoms with E-state index >= 15 is 0 Å². The van der Waals surface area contributed by atoms with Crippen molar-refractivity contribution in [3.8, 4) is 112 Å². The maximum Gasteiger partial charge on any atom is 0.143 e. The number of benzene rings is 18. The number of rotatable bonds is 11. The van der Waals surface area contributed by atoms with E-state index in [4.69, 9.17) is 8.83 Å². The molecule has 2 unspecified atom stereocenters. The molecule has 4 aliphatic carbocycles. The van der Waals surface area contributed by atoms with Gasteiger partial charge in [-0.05, 0) is 243 Å². The van der Waals surface area contributed by atoms with E-state index in [1.807, 2.05) is 24.3 Å². The molecule has 0 saturated heterocycles. The smallest absolute Gasteiger partial charge is 0.143 e. The van der Waals surface area contributed by atoms with Crippen molar-refractivity contribution in [2.75, 3.05) is 9.80 Å². The maximum atomic E-state index is 10.5. The molecule has 24 rings (SSSR count). The molecule has 0 bridgehead atoms. The second-order valence-electron chi connectivity index (χ2n) is 31.4. The van der Waals surface area contributed by atoms with E-state index in [0.717, 1.165) is 156 Å². The largest absolute Gasteiger partial charge is 0.455 e. The first-order valence-corrected chi connectivity index (χ1v) is 40.2. The fraction of sp³-hybridized carbons (Fsp3) is 0.0179. The molecule has 546 valence electrons. The molecule has 0 amide bonds. The van der Waals surface area contributed by atoms with Crippen molar-refractivity contribution >= 4 is 78.0 Å². The second kappa shape index (κ2) is 25.8. The van der Waals surface area contributed by atoms with Gasteiger partial charge in [0.15, 0.2) is 0 Å². The number of hydrogen-bond donors (Lipinski definition) is 0. The lowest BCUT2D eigenvalue weighted by Crippen LogP contribution is -2.26. The number of anilines is 6. The number of para-hydroxylation sites is 4. The zero-order valence-electron chi connectivity index (χ0n) is 63.7. The van der Waals surface area contributed by atoms with Crippen LogP contribution in [0.2, 0.25) is 0 Å². The van der Waals surface area contributed by atoms with Crippen molar-refractivity contribution in [2.45, 2.75) is 10.8 Å². The zero-order valence-corrected chi connectivity index (χ0v) is 63.7. The summed E-state index contributed by atoms with van der Waals surface area (Å²) in [6, 6.07) is 150. The van der Waals surface area contributed by atoms with Gasteiger partial charge in [0.2, 0.25) is 0 Å². The number of nitrogens with zero attached hydrogens (tertiary/aromatic N) is 4. The Balaban J connectivity index is 0.580. The van der Waals surface area contributed by atoms with Crippen LogP contribution in [-0.2, 0) is 10.8 Å². The van der Waals surface area contributed by atoms with Crippen molar-refractivity contribution < 1.29 is 8.83 Å². The van der Waals surface area contributed by atoms with Gasteiger partial charge in [-0.1, -0.05) is 285 Å². The van der Waals surface area contributed by atoms with E-state index in [-0.39, 0.29) is 0 Å². The van der Waals surface area contributed by atoms with Crippen LogP contribution in [0.1, 0.15) is 55.6 Å². The number of furan rings is 2. The minimum atomic E-state index is -0.665. The van der Waals surface area contributed by atoms with Crippen molar-refractivity contribution in [3.63, 3.8) is 0 Å². The summed E-state index contributed by atoms with van der Waals surface area (Å²) in [6.45, 7) is 0. The second-order valence-corrected chi connectivity index (χ2v) is 31.4. The van der Waals surface area contributed by atoms with Gasteiger partial charge >= 0.3 is 0 Å². The Morgan fingerprint density at radius 2 is 0.542 bits per heavy atom. The third kappa shape index (κ3) is 9.66. The van der Waals surface area contributed by atoms with Crippen molar-refractivity contribution in [3.05, 3.63) is 456 Å². The van der Waals surface area contributed by atoms with E-state index in [1.54, 1.807) is 0 Å². The van der Waals surface area contributed by atoms with Gasteiger partial charge in [0.1, 0.15) is 22.3 Å². The van der Waals surface area contributed by atoms with Gasteiger partial charge in [0, 0.05) is 66.7 Å². The predicted molar refractivity (Wildman–Crippen MR) is 480 cm³/mol. The van der Waals surface area contributed by atoms with Crippen molar-refractivity contribution in [1.82, 2.24) is 0 Å². The van der Waals surface area contributed by atoms with Gasteiger partial charge in [-0.2, -0.15) is 10.5 Å². The average molecular weight is 1500 g/mol. The first-order valence-electron chi connectivity index (χ1n) is 40.2. The summed E-state index contributed by atoms with van der Waals surface area (Å²) in [7, 11) is 0. The molecule has 2 spiro atoms. The average Bonchev–Trinajstić information content (AvgIpc) is 1.51. The zero-order chi connectivity index (χ0) is 77.9. The Morgan fingerprint density at radius 3 is 1.07 bits per heavy atom. The number of hydrogen-bond acceptors (Lipinski definition) is 6. The first kappa shape index (κ1) is 66.7. The third-order valence-corrected chi connectivity index (χ3v) is 25.6. The molecule has 6 heteroatoms. The SMILES string of the molecule is N#Cc1ccc2c(c1)C1(c3ccccc3-2)c2ccccc2-c2ccc(N(c3ccc(-c4cccc(-c5ccc6oc7c(-c8ccc(N(c9ccc%10c(c9)C9(c%11ccccc%11-c%11ccc(C#N)cc%119)c9ccccc9-%10)c9ccccc9-c9ccccc9)cc8)cccc7c6c5)c4)cc3)c3ccc(-c4cccc5c4oc4ccccc45)cc3)cc21. The molecule has 20 aromatic rings. The number of nitriles is 2. The van der Waals surface area contributed by atoms with Crippen molar-refractivity contribution in [2.24, 2.45) is 0 Å². The molecule has 118 heavy (non-hydrogen) atoms. The van der Waals surface area contributed by atoms with Crippen LogP contribution >= 0.6 is 0 Å². The molecule has 0 radical (unpaired) electrons. The van der Waals surface area contributed by atoms with Gasteiger partial charge in [0.05, 0.1) is 39.8 Å². The molecule has 2 atom stereocenters.